The van der Waals surface area contributed by atoms with Crippen LogP contribution in [-0.4, -0.2) is 43.6 Å². The molecule has 0 saturated carbocycles. The van der Waals surface area contributed by atoms with E-state index in [2.05, 4.69) is 19.4 Å². The molecule has 0 saturated heterocycles. The molecule has 8 nitrogen and oxygen atoms in total. The van der Waals surface area contributed by atoms with Crippen LogP contribution in [0.2, 0.25) is 0 Å². The molecule has 22 heavy (non-hydrogen) atoms. The molecule has 0 aliphatic heterocycles. The van der Waals surface area contributed by atoms with Gasteiger partial charge in [-0.1, -0.05) is 6.07 Å². The normalized spacial score (nSPS) is 10.3. The Balaban J connectivity index is 2.40. The molecule has 0 aliphatic carbocycles. The second kappa shape index (κ2) is 6.83. The lowest BCUT2D eigenvalue weighted by atomic mass is 10.1. The summed E-state index contributed by atoms with van der Waals surface area (Å²) < 4.78 is 9.83. The zero-order valence-electron chi connectivity index (χ0n) is 12.2. The van der Waals surface area contributed by atoms with E-state index in [0.29, 0.717) is 16.1 Å². The number of rotatable bonds is 4. The van der Waals surface area contributed by atoms with Gasteiger partial charge in [0.15, 0.2) is 0 Å². The highest BCUT2D eigenvalue weighted by Gasteiger charge is 2.18. The van der Waals surface area contributed by atoms with Gasteiger partial charge in [-0.15, -0.1) is 0 Å². The Labute approximate surface area is 126 Å². The van der Waals surface area contributed by atoms with Crippen LogP contribution < -0.4 is 4.74 Å². The third-order valence-corrected chi connectivity index (χ3v) is 2.78. The molecular formula is C14H14N2O6. The average Bonchev–Trinajstić information content (AvgIpc) is 2.55. The zero-order chi connectivity index (χ0) is 16.1. The first-order chi connectivity index (χ1) is 10.6. The first-order valence-corrected chi connectivity index (χ1v) is 6.18. The van der Waals surface area contributed by atoms with Gasteiger partial charge in [-0.05, 0) is 23.4 Å². The zero-order valence-corrected chi connectivity index (χ0v) is 12.2. The fourth-order valence-corrected chi connectivity index (χ4v) is 1.80. The van der Waals surface area contributed by atoms with E-state index in [9.17, 15) is 9.59 Å². The molecule has 8 heteroatoms. The largest absolute Gasteiger partial charge is 0.465 e. The number of aromatic nitrogens is 1. The number of hydroxylamine groups is 2. The number of amides is 1. The van der Waals surface area contributed by atoms with Crippen molar-refractivity contribution in [2.24, 2.45) is 0 Å². The van der Waals surface area contributed by atoms with E-state index in [1.165, 1.54) is 33.6 Å². The lowest BCUT2D eigenvalue weighted by Crippen LogP contribution is -2.31. The smallest absolute Gasteiger partial charge is 0.465 e. The van der Waals surface area contributed by atoms with Gasteiger partial charge >= 0.3 is 12.1 Å². The molecule has 0 aliphatic rings. The van der Waals surface area contributed by atoms with Crippen LogP contribution >= 0.6 is 0 Å². The molecule has 0 radical (unpaired) electrons. The highest BCUT2D eigenvalue weighted by molar-refractivity contribution is 5.96. The van der Waals surface area contributed by atoms with E-state index >= 15 is 0 Å². The maximum absolute atomic E-state index is 11.8. The number of carbonyl (C=O) groups is 2. The van der Waals surface area contributed by atoms with Crippen molar-refractivity contribution < 1.29 is 28.7 Å². The third-order valence-electron chi connectivity index (χ3n) is 2.78. The Hall–Kier alpha value is -2.71. The van der Waals surface area contributed by atoms with Gasteiger partial charge < -0.3 is 9.47 Å². The highest BCUT2D eigenvalue weighted by Crippen LogP contribution is 2.26. The maximum atomic E-state index is 11.8. The molecule has 0 atom stereocenters. The fourth-order valence-electron chi connectivity index (χ4n) is 1.80. The highest BCUT2D eigenvalue weighted by atomic mass is 17.0. The molecule has 2 aromatic rings. The molecule has 0 unspecified atom stereocenters. The molecule has 116 valence electrons. The minimum Gasteiger partial charge on any atom is -0.465 e. The number of pyridine rings is 1. The number of fused-ring (bicyclic) bond motifs is 1. The van der Waals surface area contributed by atoms with Crippen LogP contribution in [-0.2, 0) is 14.4 Å². The Morgan fingerprint density at radius 2 is 1.86 bits per heavy atom. The quantitative estimate of drug-likeness (QED) is 0.630. The molecule has 0 bridgehead atoms. The third kappa shape index (κ3) is 3.13. The Morgan fingerprint density at radius 1 is 1.14 bits per heavy atom. The molecule has 1 aromatic heterocycles. The summed E-state index contributed by atoms with van der Waals surface area (Å²) in [6.45, 7) is 0. The van der Waals surface area contributed by atoms with Crippen LogP contribution in [0.3, 0.4) is 0 Å². The number of ether oxygens (including phenoxy) is 2. The number of carbonyl (C=O) groups excluding carboxylic acids is 2. The number of hydrogen-bond donors (Lipinski definition) is 0. The van der Waals surface area contributed by atoms with Crippen LogP contribution in [0.25, 0.3) is 10.9 Å². The maximum Gasteiger partial charge on any atom is 0.465 e. The predicted octanol–water partition coefficient (Wildman–Crippen LogP) is 1.94. The van der Waals surface area contributed by atoms with Crippen molar-refractivity contribution in [1.29, 1.82) is 0 Å². The second-order valence-electron chi connectivity index (χ2n) is 4.03. The van der Waals surface area contributed by atoms with Crippen molar-refractivity contribution in [3.8, 4) is 5.75 Å². The minimum absolute atomic E-state index is 0.208. The fraction of sp³-hybridized carbons (Fsp3) is 0.214. The van der Waals surface area contributed by atoms with Gasteiger partial charge in [0, 0.05) is 11.6 Å². The topological polar surface area (TPSA) is 87.2 Å². The van der Waals surface area contributed by atoms with Gasteiger partial charge in [0.2, 0.25) is 0 Å². The van der Waals surface area contributed by atoms with E-state index in [0.717, 1.165) is 0 Å². The van der Waals surface area contributed by atoms with Gasteiger partial charge in [-0.2, -0.15) is 0 Å². The van der Waals surface area contributed by atoms with Crippen LogP contribution in [0.15, 0.2) is 30.5 Å². The van der Waals surface area contributed by atoms with Crippen molar-refractivity contribution >= 4 is 23.0 Å². The monoisotopic (exact) mass is 306 g/mol. The number of methoxy groups -OCH3 is 1. The van der Waals surface area contributed by atoms with Crippen molar-refractivity contribution in [2.75, 3.05) is 21.3 Å². The number of esters is 1. The first kappa shape index (κ1) is 15.7. The second-order valence-corrected chi connectivity index (χ2v) is 4.03. The summed E-state index contributed by atoms with van der Waals surface area (Å²) in [6, 6.07) is 6.48. The van der Waals surface area contributed by atoms with E-state index in [1.54, 1.807) is 18.2 Å². The van der Waals surface area contributed by atoms with Crippen LogP contribution in [0, 0.1) is 0 Å². The first-order valence-electron chi connectivity index (χ1n) is 6.18. The van der Waals surface area contributed by atoms with Crippen molar-refractivity contribution in [3.05, 3.63) is 36.0 Å². The van der Waals surface area contributed by atoms with Gasteiger partial charge in [-0.25, -0.2) is 19.3 Å². The molecule has 0 N–H and O–H groups in total. The summed E-state index contributed by atoms with van der Waals surface area (Å²) in [6.07, 6.45) is 0.511. The molecule has 0 fully saturated rings. The Kier molecular flexibility index (Phi) is 4.87. The van der Waals surface area contributed by atoms with E-state index in [1.807, 2.05) is 0 Å². The SMILES string of the molecule is COC(=O)c1cnc2cccc(OC(=O)N(OC)OC)c2c1. The summed E-state index contributed by atoms with van der Waals surface area (Å²) in [5.41, 5.74) is 0.799. The van der Waals surface area contributed by atoms with Crippen molar-refractivity contribution in [1.82, 2.24) is 10.2 Å². The van der Waals surface area contributed by atoms with Crippen LogP contribution in [0.1, 0.15) is 10.4 Å². The molecule has 1 aromatic carbocycles. The van der Waals surface area contributed by atoms with Gasteiger partial charge in [0.05, 0.1) is 32.4 Å². The number of benzene rings is 1. The lowest BCUT2D eigenvalue weighted by Gasteiger charge is -2.16. The van der Waals surface area contributed by atoms with E-state index in [-0.39, 0.29) is 11.3 Å². The van der Waals surface area contributed by atoms with Crippen LogP contribution in [0.4, 0.5) is 4.79 Å². The summed E-state index contributed by atoms with van der Waals surface area (Å²) in [7, 11) is 3.78. The number of hydrogen-bond acceptors (Lipinski definition) is 7. The van der Waals surface area contributed by atoms with Gasteiger partial charge in [0.1, 0.15) is 5.75 Å². The van der Waals surface area contributed by atoms with Crippen molar-refractivity contribution in [2.45, 2.75) is 0 Å². The summed E-state index contributed by atoms with van der Waals surface area (Å²) in [4.78, 5) is 36.9. The summed E-state index contributed by atoms with van der Waals surface area (Å²) >= 11 is 0. The van der Waals surface area contributed by atoms with E-state index < -0.39 is 12.1 Å². The Bertz CT molecular complexity index is 699. The van der Waals surface area contributed by atoms with Crippen LogP contribution in [0.5, 0.6) is 5.75 Å². The number of nitrogens with zero attached hydrogens (tertiary/aromatic N) is 2. The van der Waals surface area contributed by atoms with Gasteiger partial charge in [-0.3, -0.25) is 4.98 Å². The standard InChI is InChI=1S/C14H14N2O6/c1-19-13(17)9-7-10-11(15-8-9)5-4-6-12(10)22-14(18)16(20-2)21-3/h4-8H,1-3H3. The molecule has 1 heterocycles. The average molecular weight is 306 g/mol. The summed E-state index contributed by atoms with van der Waals surface area (Å²) in [5.74, 6) is -0.328. The van der Waals surface area contributed by atoms with Crippen molar-refractivity contribution in [3.63, 3.8) is 0 Å². The minimum atomic E-state index is -0.874. The van der Waals surface area contributed by atoms with E-state index in [4.69, 9.17) is 4.74 Å². The summed E-state index contributed by atoms with van der Waals surface area (Å²) in [5, 5.41) is 1.04. The predicted molar refractivity (Wildman–Crippen MR) is 75.0 cm³/mol. The molecular weight excluding hydrogens is 292 g/mol. The molecule has 1 amide bonds. The van der Waals surface area contributed by atoms with Gasteiger partial charge in [0.25, 0.3) is 0 Å². The Morgan fingerprint density at radius 3 is 2.50 bits per heavy atom. The lowest BCUT2D eigenvalue weighted by molar-refractivity contribution is -0.305. The molecule has 2 rings (SSSR count). The molecule has 0 spiro atoms.